The second kappa shape index (κ2) is 14.6. The van der Waals surface area contributed by atoms with Crippen molar-refractivity contribution < 1.29 is 32.2 Å². The van der Waals surface area contributed by atoms with Crippen molar-refractivity contribution >= 4 is 17.6 Å². The standard InChI is InChI=1S/C34H47F3N2O4/c1-6-23-20-28(43-34(35,36)37)15-16-29(23)25-12-11-24-13-14-27(21-26(24)19-25)41-17-9-7-8-10-18-42-31(40)33(4,5)30(38)22-32(2,3)39/h13-16,19-21,30H,6-12,17-18,22,38-39H2,1-5H3. The lowest BCUT2D eigenvalue weighted by atomic mass is 9.79. The topological polar surface area (TPSA) is 96.8 Å². The van der Waals surface area contributed by atoms with Crippen LogP contribution in [0.2, 0.25) is 0 Å². The van der Waals surface area contributed by atoms with E-state index in [-0.39, 0.29) is 17.8 Å². The second-order valence-corrected chi connectivity index (χ2v) is 12.7. The number of halogens is 3. The number of aryl methyl sites for hydroxylation is 2. The van der Waals surface area contributed by atoms with E-state index in [4.69, 9.17) is 20.9 Å². The van der Waals surface area contributed by atoms with Crippen LogP contribution in [-0.4, -0.2) is 37.1 Å². The fraction of sp³-hybridized carbons (Fsp3) is 0.559. The third-order valence-corrected chi connectivity index (χ3v) is 7.89. The molecule has 0 heterocycles. The minimum absolute atomic E-state index is 0.196. The molecule has 238 valence electrons. The number of ether oxygens (including phenoxy) is 3. The van der Waals surface area contributed by atoms with Gasteiger partial charge in [-0.15, -0.1) is 13.2 Å². The van der Waals surface area contributed by atoms with Crippen molar-refractivity contribution in [2.75, 3.05) is 13.2 Å². The lowest BCUT2D eigenvalue weighted by Crippen LogP contribution is -2.50. The maximum atomic E-state index is 12.7. The quantitative estimate of drug-likeness (QED) is 0.161. The Morgan fingerprint density at radius 3 is 2.26 bits per heavy atom. The molecule has 1 aliphatic carbocycles. The van der Waals surface area contributed by atoms with Crippen LogP contribution in [0.4, 0.5) is 13.2 Å². The number of unbranched alkanes of at least 4 members (excludes halogenated alkanes) is 3. The Hall–Kier alpha value is -3.04. The number of alkyl halides is 3. The second-order valence-electron chi connectivity index (χ2n) is 12.7. The van der Waals surface area contributed by atoms with E-state index in [1.807, 2.05) is 32.9 Å². The van der Waals surface area contributed by atoms with E-state index < -0.39 is 17.3 Å². The van der Waals surface area contributed by atoms with Crippen LogP contribution in [0.25, 0.3) is 11.6 Å². The molecule has 0 spiro atoms. The first kappa shape index (κ1) is 34.5. The highest BCUT2D eigenvalue weighted by molar-refractivity contribution is 5.86. The van der Waals surface area contributed by atoms with Crippen LogP contribution in [0.3, 0.4) is 0 Å². The van der Waals surface area contributed by atoms with E-state index >= 15 is 0 Å². The van der Waals surface area contributed by atoms with Gasteiger partial charge < -0.3 is 25.7 Å². The molecule has 1 unspecified atom stereocenters. The Bertz CT molecular complexity index is 1270. The van der Waals surface area contributed by atoms with Gasteiger partial charge in [-0.25, -0.2) is 0 Å². The molecule has 0 radical (unpaired) electrons. The molecule has 6 nitrogen and oxygen atoms in total. The molecule has 2 aromatic carbocycles. The van der Waals surface area contributed by atoms with E-state index in [1.54, 1.807) is 19.9 Å². The van der Waals surface area contributed by atoms with Crippen LogP contribution >= 0.6 is 0 Å². The van der Waals surface area contributed by atoms with Crippen molar-refractivity contribution in [3.63, 3.8) is 0 Å². The van der Waals surface area contributed by atoms with Crippen molar-refractivity contribution in [3.05, 3.63) is 58.7 Å². The summed E-state index contributed by atoms with van der Waals surface area (Å²) in [5.41, 5.74) is 16.2. The van der Waals surface area contributed by atoms with E-state index in [2.05, 4.69) is 16.9 Å². The zero-order valence-electron chi connectivity index (χ0n) is 26.1. The van der Waals surface area contributed by atoms with Gasteiger partial charge in [0.1, 0.15) is 11.5 Å². The van der Waals surface area contributed by atoms with Crippen LogP contribution < -0.4 is 20.9 Å². The van der Waals surface area contributed by atoms with E-state index in [9.17, 15) is 18.0 Å². The number of nitrogens with two attached hydrogens (primary N) is 2. The number of carbonyl (C=O) groups is 1. The first-order valence-corrected chi connectivity index (χ1v) is 15.2. The van der Waals surface area contributed by atoms with E-state index in [0.29, 0.717) is 26.1 Å². The Labute approximate surface area is 254 Å². The molecule has 0 amide bonds. The summed E-state index contributed by atoms with van der Waals surface area (Å²) in [5.74, 6) is 0.294. The molecule has 9 heteroatoms. The summed E-state index contributed by atoms with van der Waals surface area (Å²) >= 11 is 0. The number of allylic oxidation sites excluding steroid dienone is 1. The molecule has 2 aromatic rings. The Balaban J connectivity index is 1.45. The van der Waals surface area contributed by atoms with Crippen LogP contribution in [-0.2, 0) is 22.4 Å². The molecular weight excluding hydrogens is 557 g/mol. The predicted octanol–water partition coefficient (Wildman–Crippen LogP) is 7.60. The average Bonchev–Trinajstić information content (AvgIpc) is 2.92. The lowest BCUT2D eigenvalue weighted by Gasteiger charge is -2.33. The molecule has 0 fully saturated rings. The smallest absolute Gasteiger partial charge is 0.494 e. The highest BCUT2D eigenvalue weighted by Crippen LogP contribution is 2.36. The maximum absolute atomic E-state index is 12.7. The Morgan fingerprint density at radius 1 is 0.930 bits per heavy atom. The highest BCUT2D eigenvalue weighted by Gasteiger charge is 2.38. The van der Waals surface area contributed by atoms with Crippen molar-refractivity contribution in [3.8, 4) is 11.5 Å². The fourth-order valence-corrected chi connectivity index (χ4v) is 5.21. The van der Waals surface area contributed by atoms with Gasteiger partial charge in [0.2, 0.25) is 0 Å². The summed E-state index contributed by atoms with van der Waals surface area (Å²) < 4.78 is 53.6. The average molecular weight is 605 g/mol. The van der Waals surface area contributed by atoms with Crippen LogP contribution in [0, 0.1) is 5.41 Å². The van der Waals surface area contributed by atoms with Crippen molar-refractivity contribution in [1.29, 1.82) is 0 Å². The van der Waals surface area contributed by atoms with Crippen LogP contribution in [0.15, 0.2) is 36.4 Å². The monoisotopic (exact) mass is 604 g/mol. The molecule has 1 aliphatic rings. The minimum Gasteiger partial charge on any atom is -0.494 e. The zero-order chi connectivity index (χ0) is 31.8. The normalized spacial score (nSPS) is 14.5. The summed E-state index contributed by atoms with van der Waals surface area (Å²) in [5, 5.41) is 0. The van der Waals surface area contributed by atoms with Gasteiger partial charge >= 0.3 is 12.3 Å². The Morgan fingerprint density at radius 2 is 1.60 bits per heavy atom. The fourth-order valence-electron chi connectivity index (χ4n) is 5.21. The third-order valence-electron chi connectivity index (χ3n) is 7.89. The number of fused-ring (bicyclic) bond motifs is 1. The largest absolute Gasteiger partial charge is 0.573 e. The maximum Gasteiger partial charge on any atom is 0.573 e. The molecule has 4 N–H and O–H groups in total. The minimum atomic E-state index is -4.71. The number of hydrogen-bond acceptors (Lipinski definition) is 6. The number of esters is 1. The summed E-state index contributed by atoms with van der Waals surface area (Å²) in [6.45, 7) is 10.3. The molecule has 0 aliphatic heterocycles. The van der Waals surface area contributed by atoms with Gasteiger partial charge in [0.25, 0.3) is 0 Å². The molecule has 0 saturated heterocycles. The molecule has 43 heavy (non-hydrogen) atoms. The summed E-state index contributed by atoms with van der Waals surface area (Å²) in [4.78, 5) is 12.6. The zero-order valence-corrected chi connectivity index (χ0v) is 26.1. The molecule has 0 aromatic heterocycles. The van der Waals surface area contributed by atoms with Gasteiger partial charge in [0, 0.05) is 11.6 Å². The van der Waals surface area contributed by atoms with Crippen molar-refractivity contribution in [1.82, 2.24) is 0 Å². The number of benzene rings is 2. The predicted molar refractivity (Wildman–Crippen MR) is 165 cm³/mol. The van der Waals surface area contributed by atoms with Gasteiger partial charge in [0.05, 0.1) is 18.6 Å². The SMILES string of the molecule is CCc1cc(OC(F)(F)F)ccc1C1=Cc2cc(OCCCCCCOC(=O)C(C)(C)C(N)CC(C)(C)N)ccc2CC1. The van der Waals surface area contributed by atoms with Crippen molar-refractivity contribution in [2.24, 2.45) is 16.9 Å². The van der Waals surface area contributed by atoms with Crippen LogP contribution in [0.1, 0.15) is 95.4 Å². The van der Waals surface area contributed by atoms with Crippen molar-refractivity contribution in [2.45, 2.75) is 104 Å². The Kier molecular flexibility index (Phi) is 11.7. The van der Waals surface area contributed by atoms with Gasteiger partial charge in [-0.05, 0) is 131 Å². The van der Waals surface area contributed by atoms with Gasteiger partial charge in [-0.3, -0.25) is 4.79 Å². The first-order chi connectivity index (χ1) is 20.1. The van der Waals surface area contributed by atoms with E-state index in [1.165, 1.54) is 17.7 Å². The molecular formula is C34H47F3N2O4. The lowest BCUT2D eigenvalue weighted by molar-refractivity contribution is -0.274. The number of carbonyl (C=O) groups excluding carboxylic acids is 1. The summed E-state index contributed by atoms with van der Waals surface area (Å²) in [6, 6.07) is 10.3. The number of rotatable bonds is 15. The first-order valence-electron chi connectivity index (χ1n) is 15.2. The molecule has 0 saturated carbocycles. The number of hydrogen-bond donors (Lipinski definition) is 2. The van der Waals surface area contributed by atoms with Gasteiger partial charge in [-0.1, -0.05) is 25.1 Å². The molecule has 0 bridgehead atoms. The van der Waals surface area contributed by atoms with Gasteiger partial charge in [0.15, 0.2) is 0 Å². The van der Waals surface area contributed by atoms with Gasteiger partial charge in [-0.2, -0.15) is 0 Å². The highest BCUT2D eigenvalue weighted by atomic mass is 19.4. The molecule has 1 atom stereocenters. The van der Waals surface area contributed by atoms with Crippen LogP contribution in [0.5, 0.6) is 11.5 Å². The summed E-state index contributed by atoms with van der Waals surface area (Å²) in [7, 11) is 0. The summed E-state index contributed by atoms with van der Waals surface area (Å²) in [6.07, 6.45) is 3.69. The van der Waals surface area contributed by atoms with E-state index in [0.717, 1.165) is 66.5 Å². The third kappa shape index (κ3) is 10.6. The molecule has 3 rings (SSSR count).